The third-order valence-corrected chi connectivity index (χ3v) is 5.88. The lowest BCUT2D eigenvalue weighted by molar-refractivity contribution is -0.119. The zero-order chi connectivity index (χ0) is 20.2. The predicted molar refractivity (Wildman–Crippen MR) is 116 cm³/mol. The molecule has 4 rings (SSSR count). The second kappa shape index (κ2) is 8.57. The van der Waals surface area contributed by atoms with Gasteiger partial charge in [-0.25, -0.2) is 4.98 Å². The van der Waals surface area contributed by atoms with E-state index in [-0.39, 0.29) is 11.8 Å². The monoisotopic (exact) mass is 405 g/mol. The lowest BCUT2D eigenvalue weighted by Crippen LogP contribution is -2.19. The minimum absolute atomic E-state index is 0.0784. The van der Waals surface area contributed by atoms with Crippen LogP contribution >= 0.6 is 11.3 Å². The predicted octanol–water partition coefficient (Wildman–Crippen LogP) is 4.58. The Morgan fingerprint density at radius 1 is 1.03 bits per heavy atom. The molecule has 1 aliphatic rings. The third-order valence-electron chi connectivity index (χ3n) is 5.13. The number of nitrogens with one attached hydrogen (secondary N) is 2. The molecule has 0 atom stereocenters. The van der Waals surface area contributed by atoms with Gasteiger partial charge >= 0.3 is 0 Å². The summed E-state index contributed by atoms with van der Waals surface area (Å²) >= 11 is 1.43. The van der Waals surface area contributed by atoms with Crippen LogP contribution in [0.15, 0.2) is 47.8 Å². The first kappa shape index (κ1) is 19.3. The number of rotatable bonds is 5. The van der Waals surface area contributed by atoms with E-state index >= 15 is 0 Å². The molecule has 1 aliphatic carbocycles. The van der Waals surface area contributed by atoms with Gasteiger partial charge in [0, 0.05) is 30.0 Å². The molecule has 0 unspecified atom stereocenters. The lowest BCUT2D eigenvalue weighted by Gasteiger charge is -2.16. The van der Waals surface area contributed by atoms with Crippen LogP contribution in [0, 0.1) is 0 Å². The first-order valence-corrected chi connectivity index (χ1v) is 10.7. The highest BCUT2D eigenvalue weighted by molar-refractivity contribution is 7.14. The van der Waals surface area contributed by atoms with E-state index in [1.165, 1.54) is 42.2 Å². The summed E-state index contributed by atoms with van der Waals surface area (Å²) in [4.78, 5) is 28.1. The van der Waals surface area contributed by atoms with E-state index in [0.29, 0.717) is 17.2 Å². The van der Waals surface area contributed by atoms with Crippen molar-refractivity contribution in [2.75, 3.05) is 5.32 Å². The summed E-state index contributed by atoms with van der Waals surface area (Å²) in [6.07, 6.45) is 4.82. The molecular formula is C23H23N3O2S. The number of hydrogen-bond acceptors (Lipinski definition) is 4. The van der Waals surface area contributed by atoms with Crippen LogP contribution in [0.2, 0.25) is 0 Å². The van der Waals surface area contributed by atoms with Gasteiger partial charge in [0.25, 0.3) is 5.91 Å². The number of aromatic nitrogens is 1. The molecule has 29 heavy (non-hydrogen) atoms. The molecule has 2 N–H and O–H groups in total. The van der Waals surface area contributed by atoms with E-state index in [1.807, 2.05) is 17.5 Å². The van der Waals surface area contributed by atoms with Gasteiger partial charge in [0.15, 0.2) is 5.13 Å². The largest absolute Gasteiger partial charge is 0.352 e. The molecule has 148 valence electrons. The fourth-order valence-corrected chi connectivity index (χ4v) is 4.24. The Bertz CT molecular complexity index is 1040. The summed E-state index contributed by atoms with van der Waals surface area (Å²) in [5.74, 6) is -0.271. The third kappa shape index (κ3) is 4.71. The molecule has 0 aliphatic heterocycles. The van der Waals surface area contributed by atoms with Gasteiger partial charge in [0.2, 0.25) is 5.91 Å². The molecule has 3 aromatic rings. The molecule has 0 saturated heterocycles. The number of hydrogen-bond donors (Lipinski definition) is 2. The van der Waals surface area contributed by atoms with Crippen molar-refractivity contribution in [2.45, 2.75) is 39.2 Å². The zero-order valence-electron chi connectivity index (χ0n) is 16.3. The maximum Gasteiger partial charge on any atom is 0.257 e. The standard InChI is InChI=1S/C23H23N3O2S/c1-15(27)24-13-16-6-8-18(9-7-16)22(28)26-23-25-21(14-29-23)20-11-10-17-4-2-3-5-19(17)12-20/h6-12,14H,2-5,13H2,1H3,(H,24,27)(H,25,26,28). The van der Waals surface area contributed by atoms with Gasteiger partial charge in [-0.1, -0.05) is 24.3 Å². The quantitative estimate of drug-likeness (QED) is 0.653. The average Bonchev–Trinajstić information content (AvgIpc) is 3.20. The molecular weight excluding hydrogens is 382 g/mol. The highest BCUT2D eigenvalue weighted by Crippen LogP contribution is 2.29. The molecule has 0 saturated carbocycles. The van der Waals surface area contributed by atoms with Crippen molar-refractivity contribution in [3.05, 3.63) is 70.1 Å². The first-order valence-electron chi connectivity index (χ1n) is 9.81. The Labute approximate surface area is 174 Å². The second-order valence-corrected chi connectivity index (χ2v) is 8.15. The van der Waals surface area contributed by atoms with Crippen LogP contribution in [0.5, 0.6) is 0 Å². The topological polar surface area (TPSA) is 71.1 Å². The summed E-state index contributed by atoms with van der Waals surface area (Å²) in [6, 6.07) is 13.8. The van der Waals surface area contributed by atoms with Crippen molar-refractivity contribution in [3.63, 3.8) is 0 Å². The number of amides is 2. The van der Waals surface area contributed by atoms with E-state index in [9.17, 15) is 9.59 Å². The highest BCUT2D eigenvalue weighted by Gasteiger charge is 2.13. The molecule has 5 nitrogen and oxygen atoms in total. The zero-order valence-corrected chi connectivity index (χ0v) is 17.1. The minimum atomic E-state index is -0.192. The van der Waals surface area contributed by atoms with Crippen LogP contribution in [0.1, 0.15) is 46.8 Å². The van der Waals surface area contributed by atoms with Gasteiger partial charge in [0.05, 0.1) is 5.69 Å². The number of thiazole rings is 1. The van der Waals surface area contributed by atoms with Crippen molar-refractivity contribution in [1.29, 1.82) is 0 Å². The molecule has 0 fully saturated rings. The van der Waals surface area contributed by atoms with Crippen molar-refractivity contribution in [3.8, 4) is 11.3 Å². The summed E-state index contributed by atoms with van der Waals surface area (Å²) in [7, 11) is 0. The van der Waals surface area contributed by atoms with Crippen LogP contribution in [-0.4, -0.2) is 16.8 Å². The van der Waals surface area contributed by atoms with Crippen LogP contribution in [0.4, 0.5) is 5.13 Å². The Morgan fingerprint density at radius 2 is 1.79 bits per heavy atom. The van der Waals surface area contributed by atoms with Crippen molar-refractivity contribution in [1.82, 2.24) is 10.3 Å². The number of benzene rings is 2. The van der Waals surface area contributed by atoms with Gasteiger partial charge in [-0.3, -0.25) is 14.9 Å². The van der Waals surface area contributed by atoms with E-state index in [1.54, 1.807) is 12.1 Å². The van der Waals surface area contributed by atoms with E-state index in [2.05, 4.69) is 33.8 Å². The SMILES string of the molecule is CC(=O)NCc1ccc(C(=O)Nc2nc(-c3ccc4c(c3)CCCC4)cs2)cc1. The smallest absolute Gasteiger partial charge is 0.257 e. The van der Waals surface area contributed by atoms with Crippen LogP contribution in [-0.2, 0) is 24.2 Å². The number of carbonyl (C=O) groups excluding carboxylic acids is 2. The Kier molecular flexibility index (Phi) is 5.71. The van der Waals surface area contributed by atoms with Gasteiger partial charge < -0.3 is 5.32 Å². The summed E-state index contributed by atoms with van der Waals surface area (Å²) in [6.45, 7) is 1.93. The molecule has 1 aromatic heterocycles. The van der Waals surface area contributed by atoms with Crippen molar-refractivity contribution >= 4 is 28.3 Å². The number of carbonyl (C=O) groups is 2. The lowest BCUT2D eigenvalue weighted by atomic mass is 9.90. The van der Waals surface area contributed by atoms with E-state index in [4.69, 9.17) is 0 Å². The number of anilines is 1. The molecule has 0 radical (unpaired) electrons. The van der Waals surface area contributed by atoms with Crippen LogP contribution < -0.4 is 10.6 Å². The molecule has 2 aromatic carbocycles. The fraction of sp³-hybridized carbons (Fsp3) is 0.261. The molecule has 6 heteroatoms. The number of fused-ring (bicyclic) bond motifs is 1. The van der Waals surface area contributed by atoms with Crippen molar-refractivity contribution < 1.29 is 9.59 Å². The maximum atomic E-state index is 12.5. The summed E-state index contributed by atoms with van der Waals surface area (Å²) in [5.41, 5.74) is 6.37. The van der Waals surface area contributed by atoms with Gasteiger partial charge in [-0.05, 0) is 60.6 Å². The van der Waals surface area contributed by atoms with Gasteiger partial charge in [0.1, 0.15) is 0 Å². The number of nitrogens with zero attached hydrogens (tertiary/aromatic N) is 1. The van der Waals surface area contributed by atoms with Gasteiger partial charge in [-0.2, -0.15) is 0 Å². The Hall–Kier alpha value is -2.99. The summed E-state index contributed by atoms with van der Waals surface area (Å²) in [5, 5.41) is 8.19. The highest BCUT2D eigenvalue weighted by atomic mass is 32.1. The minimum Gasteiger partial charge on any atom is -0.352 e. The molecule has 1 heterocycles. The molecule has 2 amide bonds. The fourth-order valence-electron chi connectivity index (χ4n) is 3.53. The molecule has 0 bridgehead atoms. The molecule has 0 spiro atoms. The van der Waals surface area contributed by atoms with E-state index < -0.39 is 0 Å². The van der Waals surface area contributed by atoms with E-state index in [0.717, 1.165) is 29.7 Å². The van der Waals surface area contributed by atoms with Crippen molar-refractivity contribution in [2.24, 2.45) is 0 Å². The van der Waals surface area contributed by atoms with Crippen LogP contribution in [0.25, 0.3) is 11.3 Å². The second-order valence-electron chi connectivity index (χ2n) is 7.29. The van der Waals surface area contributed by atoms with Crippen LogP contribution in [0.3, 0.4) is 0 Å². The Morgan fingerprint density at radius 3 is 2.55 bits per heavy atom. The maximum absolute atomic E-state index is 12.5. The normalized spacial score (nSPS) is 12.9. The Balaban J connectivity index is 1.42. The first-order chi connectivity index (χ1) is 14.1. The van der Waals surface area contributed by atoms with Gasteiger partial charge in [-0.15, -0.1) is 11.3 Å². The summed E-state index contributed by atoms with van der Waals surface area (Å²) < 4.78 is 0. The average molecular weight is 406 g/mol. The number of aryl methyl sites for hydroxylation is 2.